The second-order valence-corrected chi connectivity index (χ2v) is 5.03. The normalized spacial score (nSPS) is 9.96. The SMILES string of the molecule is COC(=O)c1cc(OC)c(OC)cc1NC(=O)c1ccccc1C(=O)[O-]. The number of nitrogens with one attached hydrogen (secondary N) is 1. The summed E-state index contributed by atoms with van der Waals surface area (Å²) >= 11 is 0. The average molecular weight is 358 g/mol. The molecule has 0 spiro atoms. The molecule has 1 amide bonds. The fraction of sp³-hybridized carbons (Fsp3) is 0.167. The summed E-state index contributed by atoms with van der Waals surface area (Å²) in [5.41, 5.74) is -0.291. The predicted octanol–water partition coefficient (Wildman–Crippen LogP) is 1.11. The van der Waals surface area contributed by atoms with Crippen LogP contribution in [0.3, 0.4) is 0 Å². The van der Waals surface area contributed by atoms with Crippen molar-refractivity contribution in [3.63, 3.8) is 0 Å². The van der Waals surface area contributed by atoms with Gasteiger partial charge in [-0.05, 0) is 6.07 Å². The van der Waals surface area contributed by atoms with Gasteiger partial charge < -0.3 is 29.4 Å². The van der Waals surface area contributed by atoms with Gasteiger partial charge in [0.25, 0.3) is 5.91 Å². The lowest BCUT2D eigenvalue weighted by molar-refractivity contribution is -0.255. The van der Waals surface area contributed by atoms with Crippen LogP contribution >= 0.6 is 0 Å². The number of hydrogen-bond donors (Lipinski definition) is 1. The Bertz CT molecular complexity index is 861. The number of anilines is 1. The predicted molar refractivity (Wildman–Crippen MR) is 89.6 cm³/mol. The standard InChI is InChI=1S/C18H17NO7/c1-24-14-8-12(18(23)26-3)13(9-15(14)25-2)19-16(20)10-6-4-5-7-11(10)17(21)22/h4-9H,1-3H3,(H,19,20)(H,21,22)/p-1. The van der Waals surface area contributed by atoms with Gasteiger partial charge in [-0.3, -0.25) is 4.79 Å². The molecule has 8 heteroatoms. The second kappa shape index (κ2) is 8.02. The molecule has 0 heterocycles. The maximum atomic E-state index is 12.5. The van der Waals surface area contributed by atoms with E-state index >= 15 is 0 Å². The quantitative estimate of drug-likeness (QED) is 0.769. The van der Waals surface area contributed by atoms with E-state index in [2.05, 4.69) is 5.32 Å². The van der Waals surface area contributed by atoms with Gasteiger partial charge in [-0.15, -0.1) is 0 Å². The molecule has 0 saturated carbocycles. The molecule has 2 aromatic carbocycles. The summed E-state index contributed by atoms with van der Waals surface area (Å²) < 4.78 is 15.0. The number of carbonyl (C=O) groups excluding carboxylic acids is 3. The van der Waals surface area contributed by atoms with Crippen LogP contribution in [-0.2, 0) is 4.74 Å². The van der Waals surface area contributed by atoms with Crippen LogP contribution in [-0.4, -0.2) is 39.2 Å². The molecule has 0 unspecified atom stereocenters. The third-order valence-corrected chi connectivity index (χ3v) is 3.57. The Morgan fingerprint density at radius 2 is 1.46 bits per heavy atom. The Labute approximate surface area is 149 Å². The number of aromatic carboxylic acids is 1. The first-order chi connectivity index (χ1) is 12.4. The largest absolute Gasteiger partial charge is 0.545 e. The highest BCUT2D eigenvalue weighted by Gasteiger charge is 2.20. The van der Waals surface area contributed by atoms with E-state index in [4.69, 9.17) is 14.2 Å². The first-order valence-corrected chi connectivity index (χ1v) is 7.39. The van der Waals surface area contributed by atoms with Crippen molar-refractivity contribution in [1.82, 2.24) is 0 Å². The van der Waals surface area contributed by atoms with Gasteiger partial charge >= 0.3 is 5.97 Å². The third kappa shape index (κ3) is 3.75. The molecular weight excluding hydrogens is 342 g/mol. The molecule has 0 fully saturated rings. The molecule has 8 nitrogen and oxygen atoms in total. The van der Waals surface area contributed by atoms with Crippen molar-refractivity contribution < 1.29 is 33.7 Å². The van der Waals surface area contributed by atoms with Crippen molar-refractivity contribution >= 4 is 23.5 Å². The van der Waals surface area contributed by atoms with E-state index in [9.17, 15) is 19.5 Å². The van der Waals surface area contributed by atoms with Crippen LogP contribution in [0.1, 0.15) is 31.1 Å². The molecule has 136 valence electrons. The van der Waals surface area contributed by atoms with E-state index in [-0.39, 0.29) is 33.9 Å². The fourth-order valence-electron chi connectivity index (χ4n) is 2.31. The summed E-state index contributed by atoms with van der Waals surface area (Å²) in [6.45, 7) is 0. The fourth-order valence-corrected chi connectivity index (χ4v) is 2.31. The Kier molecular flexibility index (Phi) is 5.79. The maximum absolute atomic E-state index is 12.5. The van der Waals surface area contributed by atoms with Crippen molar-refractivity contribution in [2.45, 2.75) is 0 Å². The number of benzene rings is 2. The Hall–Kier alpha value is -3.55. The summed E-state index contributed by atoms with van der Waals surface area (Å²) in [5.74, 6) is -2.41. The van der Waals surface area contributed by atoms with Gasteiger partial charge in [-0.25, -0.2) is 4.79 Å². The highest BCUT2D eigenvalue weighted by Crippen LogP contribution is 2.34. The first kappa shape index (κ1) is 18.8. The van der Waals surface area contributed by atoms with Crippen molar-refractivity contribution in [2.75, 3.05) is 26.6 Å². The van der Waals surface area contributed by atoms with Crippen LogP contribution in [0.2, 0.25) is 0 Å². The zero-order chi connectivity index (χ0) is 19.3. The van der Waals surface area contributed by atoms with Crippen molar-refractivity contribution in [1.29, 1.82) is 0 Å². The summed E-state index contributed by atoms with van der Waals surface area (Å²) in [5, 5.41) is 13.7. The number of amides is 1. The number of methoxy groups -OCH3 is 3. The van der Waals surface area contributed by atoms with Crippen LogP contribution in [0.5, 0.6) is 11.5 Å². The molecule has 0 atom stereocenters. The molecule has 0 aliphatic heterocycles. The summed E-state index contributed by atoms with van der Waals surface area (Å²) in [4.78, 5) is 35.7. The highest BCUT2D eigenvalue weighted by atomic mass is 16.5. The lowest BCUT2D eigenvalue weighted by Crippen LogP contribution is -2.26. The number of hydrogen-bond acceptors (Lipinski definition) is 7. The zero-order valence-corrected chi connectivity index (χ0v) is 14.3. The van der Waals surface area contributed by atoms with E-state index < -0.39 is 17.8 Å². The number of carbonyl (C=O) groups is 3. The Balaban J connectivity index is 2.50. The van der Waals surface area contributed by atoms with Gasteiger partial charge in [0.1, 0.15) is 0 Å². The van der Waals surface area contributed by atoms with Gasteiger partial charge in [0.05, 0.1) is 38.5 Å². The highest BCUT2D eigenvalue weighted by molar-refractivity contribution is 6.12. The average Bonchev–Trinajstić information content (AvgIpc) is 2.66. The molecule has 0 aliphatic rings. The van der Waals surface area contributed by atoms with Crippen LogP contribution < -0.4 is 19.9 Å². The van der Waals surface area contributed by atoms with Gasteiger partial charge in [0.2, 0.25) is 0 Å². The molecule has 0 saturated heterocycles. The molecular formula is C18H16NO7-. The lowest BCUT2D eigenvalue weighted by atomic mass is 10.1. The molecule has 1 N–H and O–H groups in total. The number of carboxylic acid groups (broad SMARTS) is 1. The lowest BCUT2D eigenvalue weighted by Gasteiger charge is -2.15. The van der Waals surface area contributed by atoms with Crippen LogP contribution in [0.15, 0.2) is 36.4 Å². The number of rotatable bonds is 6. The molecule has 0 aromatic heterocycles. The molecule has 0 aliphatic carbocycles. The third-order valence-electron chi connectivity index (χ3n) is 3.57. The van der Waals surface area contributed by atoms with Gasteiger partial charge in [0, 0.05) is 23.3 Å². The Morgan fingerprint density at radius 3 is 2.00 bits per heavy atom. The summed E-state index contributed by atoms with van der Waals surface area (Å²) in [6, 6.07) is 8.30. The van der Waals surface area contributed by atoms with Crippen LogP contribution in [0.25, 0.3) is 0 Å². The van der Waals surface area contributed by atoms with Crippen molar-refractivity contribution in [2.24, 2.45) is 0 Å². The van der Waals surface area contributed by atoms with Crippen molar-refractivity contribution in [3.8, 4) is 11.5 Å². The number of carboxylic acids is 1. The first-order valence-electron chi connectivity index (χ1n) is 7.39. The summed E-state index contributed by atoms with van der Waals surface area (Å²) in [7, 11) is 3.98. The number of esters is 1. The van der Waals surface area contributed by atoms with Gasteiger partial charge in [-0.2, -0.15) is 0 Å². The monoisotopic (exact) mass is 358 g/mol. The van der Waals surface area contributed by atoms with Crippen molar-refractivity contribution in [3.05, 3.63) is 53.1 Å². The van der Waals surface area contributed by atoms with E-state index in [1.165, 1.54) is 57.7 Å². The topological polar surface area (TPSA) is 114 Å². The molecule has 26 heavy (non-hydrogen) atoms. The molecule has 0 bridgehead atoms. The second-order valence-electron chi connectivity index (χ2n) is 5.03. The van der Waals surface area contributed by atoms with Crippen LogP contribution in [0, 0.1) is 0 Å². The minimum Gasteiger partial charge on any atom is -0.545 e. The molecule has 2 rings (SSSR count). The van der Waals surface area contributed by atoms with E-state index in [0.29, 0.717) is 0 Å². The molecule has 0 radical (unpaired) electrons. The van der Waals surface area contributed by atoms with Gasteiger partial charge in [0.15, 0.2) is 11.5 Å². The van der Waals surface area contributed by atoms with E-state index in [1.54, 1.807) is 0 Å². The minimum absolute atomic E-state index is 0.0180. The number of ether oxygens (including phenoxy) is 3. The smallest absolute Gasteiger partial charge is 0.340 e. The molecule has 2 aromatic rings. The Morgan fingerprint density at radius 1 is 0.885 bits per heavy atom. The van der Waals surface area contributed by atoms with E-state index in [1.807, 2.05) is 0 Å². The van der Waals surface area contributed by atoms with E-state index in [0.717, 1.165) is 0 Å². The zero-order valence-electron chi connectivity index (χ0n) is 14.3. The van der Waals surface area contributed by atoms with Gasteiger partial charge in [-0.1, -0.05) is 18.2 Å². The minimum atomic E-state index is -1.49. The summed E-state index contributed by atoms with van der Waals surface area (Å²) in [6.07, 6.45) is 0. The maximum Gasteiger partial charge on any atom is 0.340 e. The van der Waals surface area contributed by atoms with Crippen LogP contribution in [0.4, 0.5) is 5.69 Å².